The number of terminal acetylenes is 1. The van der Waals surface area contributed by atoms with Crippen LogP contribution >= 0.6 is 0 Å². The molecule has 1 atom stereocenters. The molecule has 1 aromatic heterocycles. The molecule has 1 amide bonds. The number of anilines is 1. The standard InChI is InChI=1S/C15H14N4O/c1-2-10-4-3-5-11(6-10)19-15(20)13-7-12-14(8-16-13)18-9-17-12/h1,3-6,9,13,16H,7-8H2,(H,17,18)(H,19,20). The third kappa shape index (κ3) is 2.42. The Morgan fingerprint density at radius 2 is 2.40 bits per heavy atom. The molecule has 0 aliphatic carbocycles. The smallest absolute Gasteiger partial charge is 0.241 e. The first kappa shape index (κ1) is 12.5. The molecule has 5 heteroatoms. The van der Waals surface area contributed by atoms with Gasteiger partial charge in [0.2, 0.25) is 5.91 Å². The van der Waals surface area contributed by atoms with Crippen molar-refractivity contribution in [3.8, 4) is 12.3 Å². The molecule has 100 valence electrons. The summed E-state index contributed by atoms with van der Waals surface area (Å²) in [6.07, 6.45) is 7.59. The zero-order chi connectivity index (χ0) is 13.9. The van der Waals surface area contributed by atoms with Crippen LogP contribution in [0.4, 0.5) is 5.69 Å². The number of nitrogens with one attached hydrogen (secondary N) is 3. The largest absolute Gasteiger partial charge is 0.347 e. The van der Waals surface area contributed by atoms with Crippen molar-refractivity contribution in [2.45, 2.75) is 19.0 Å². The summed E-state index contributed by atoms with van der Waals surface area (Å²) >= 11 is 0. The van der Waals surface area contributed by atoms with E-state index in [9.17, 15) is 4.79 Å². The van der Waals surface area contributed by atoms with Crippen LogP contribution in [-0.2, 0) is 17.8 Å². The van der Waals surface area contributed by atoms with Crippen LogP contribution in [-0.4, -0.2) is 21.9 Å². The van der Waals surface area contributed by atoms with E-state index >= 15 is 0 Å². The Morgan fingerprint density at radius 3 is 3.25 bits per heavy atom. The topological polar surface area (TPSA) is 69.8 Å². The highest BCUT2D eigenvalue weighted by Crippen LogP contribution is 2.15. The summed E-state index contributed by atoms with van der Waals surface area (Å²) in [6.45, 7) is 0.623. The summed E-state index contributed by atoms with van der Waals surface area (Å²) in [5.41, 5.74) is 3.44. The molecule has 20 heavy (non-hydrogen) atoms. The lowest BCUT2D eigenvalue weighted by Crippen LogP contribution is -2.44. The zero-order valence-corrected chi connectivity index (χ0v) is 10.8. The minimum atomic E-state index is -0.278. The Morgan fingerprint density at radius 1 is 1.50 bits per heavy atom. The lowest BCUT2D eigenvalue weighted by molar-refractivity contribution is -0.118. The number of fused-ring (bicyclic) bond motifs is 1. The van der Waals surface area contributed by atoms with E-state index in [-0.39, 0.29) is 11.9 Å². The van der Waals surface area contributed by atoms with Crippen LogP contribution in [0.3, 0.4) is 0 Å². The Bertz CT molecular complexity index is 683. The van der Waals surface area contributed by atoms with Gasteiger partial charge < -0.3 is 10.3 Å². The van der Waals surface area contributed by atoms with Gasteiger partial charge in [-0.2, -0.15) is 0 Å². The number of amides is 1. The number of benzene rings is 1. The molecule has 5 nitrogen and oxygen atoms in total. The number of aromatic amines is 1. The molecule has 2 heterocycles. The number of H-pyrrole nitrogens is 1. The summed E-state index contributed by atoms with van der Waals surface area (Å²) in [5, 5.41) is 6.06. The summed E-state index contributed by atoms with van der Waals surface area (Å²) in [4.78, 5) is 19.5. The summed E-state index contributed by atoms with van der Waals surface area (Å²) < 4.78 is 0. The van der Waals surface area contributed by atoms with E-state index < -0.39 is 0 Å². The maximum atomic E-state index is 12.2. The van der Waals surface area contributed by atoms with Crippen molar-refractivity contribution in [1.82, 2.24) is 15.3 Å². The molecule has 3 rings (SSSR count). The minimum absolute atomic E-state index is 0.0761. The van der Waals surface area contributed by atoms with E-state index in [4.69, 9.17) is 6.42 Å². The Hall–Kier alpha value is -2.58. The van der Waals surface area contributed by atoms with E-state index in [1.54, 1.807) is 12.4 Å². The van der Waals surface area contributed by atoms with Gasteiger partial charge in [0, 0.05) is 24.2 Å². The summed E-state index contributed by atoms with van der Waals surface area (Å²) in [5.74, 6) is 2.47. The number of rotatable bonds is 2. The van der Waals surface area contributed by atoms with Gasteiger partial charge in [-0.25, -0.2) is 4.98 Å². The van der Waals surface area contributed by atoms with Gasteiger partial charge in [-0.15, -0.1) is 6.42 Å². The summed E-state index contributed by atoms with van der Waals surface area (Å²) in [7, 11) is 0. The highest BCUT2D eigenvalue weighted by atomic mass is 16.2. The number of aromatic nitrogens is 2. The maximum absolute atomic E-state index is 12.2. The Balaban J connectivity index is 1.70. The average Bonchev–Trinajstić information content (AvgIpc) is 2.94. The predicted octanol–water partition coefficient (Wildman–Crippen LogP) is 1.04. The lowest BCUT2D eigenvalue weighted by atomic mass is 10.0. The molecule has 1 aliphatic rings. The van der Waals surface area contributed by atoms with Gasteiger partial charge >= 0.3 is 0 Å². The highest BCUT2D eigenvalue weighted by Gasteiger charge is 2.25. The van der Waals surface area contributed by atoms with Gasteiger partial charge in [0.05, 0.1) is 23.8 Å². The van der Waals surface area contributed by atoms with Crippen LogP contribution in [0.25, 0.3) is 0 Å². The van der Waals surface area contributed by atoms with Crippen LogP contribution in [0.1, 0.15) is 17.0 Å². The predicted molar refractivity (Wildman–Crippen MR) is 75.9 cm³/mol. The molecule has 0 saturated carbocycles. The molecule has 0 fully saturated rings. The van der Waals surface area contributed by atoms with E-state index in [1.807, 2.05) is 18.2 Å². The first-order valence-electron chi connectivity index (χ1n) is 6.38. The van der Waals surface area contributed by atoms with Crippen LogP contribution < -0.4 is 10.6 Å². The first-order valence-corrected chi connectivity index (χ1v) is 6.38. The molecule has 0 spiro atoms. The van der Waals surface area contributed by atoms with Gasteiger partial charge in [0.25, 0.3) is 0 Å². The lowest BCUT2D eigenvalue weighted by Gasteiger charge is -2.22. The van der Waals surface area contributed by atoms with Crippen molar-refractivity contribution in [2.24, 2.45) is 0 Å². The second-order valence-corrected chi connectivity index (χ2v) is 4.68. The molecular weight excluding hydrogens is 252 g/mol. The fourth-order valence-corrected chi connectivity index (χ4v) is 2.27. The van der Waals surface area contributed by atoms with Crippen molar-refractivity contribution >= 4 is 11.6 Å². The number of hydrogen-bond acceptors (Lipinski definition) is 3. The van der Waals surface area contributed by atoms with Crippen molar-refractivity contribution < 1.29 is 4.79 Å². The average molecular weight is 266 g/mol. The van der Waals surface area contributed by atoms with Crippen LogP contribution in [0, 0.1) is 12.3 Å². The Kier molecular flexibility index (Phi) is 3.23. The zero-order valence-electron chi connectivity index (χ0n) is 10.8. The van der Waals surface area contributed by atoms with Gasteiger partial charge in [-0.05, 0) is 18.2 Å². The van der Waals surface area contributed by atoms with Crippen LogP contribution in [0.2, 0.25) is 0 Å². The molecule has 0 saturated heterocycles. The number of carbonyl (C=O) groups excluding carboxylic acids is 1. The number of carbonyl (C=O) groups is 1. The normalized spacial score (nSPS) is 17.1. The maximum Gasteiger partial charge on any atom is 0.241 e. The third-order valence-corrected chi connectivity index (χ3v) is 3.34. The molecule has 3 N–H and O–H groups in total. The van der Waals surface area contributed by atoms with E-state index in [1.165, 1.54) is 0 Å². The summed E-state index contributed by atoms with van der Waals surface area (Å²) in [6, 6.07) is 6.97. The van der Waals surface area contributed by atoms with Gasteiger partial charge in [0.1, 0.15) is 0 Å². The second kappa shape index (κ2) is 5.19. The molecule has 1 aromatic carbocycles. The van der Waals surface area contributed by atoms with Gasteiger partial charge in [-0.1, -0.05) is 12.0 Å². The van der Waals surface area contributed by atoms with Crippen molar-refractivity contribution in [1.29, 1.82) is 0 Å². The SMILES string of the molecule is C#Cc1cccc(NC(=O)C2Cc3nc[nH]c3CN2)c1. The van der Waals surface area contributed by atoms with Crippen LogP contribution in [0.5, 0.6) is 0 Å². The first-order chi connectivity index (χ1) is 9.76. The fourth-order valence-electron chi connectivity index (χ4n) is 2.27. The molecule has 1 aliphatic heterocycles. The number of nitrogens with zero attached hydrogens (tertiary/aromatic N) is 1. The monoisotopic (exact) mass is 266 g/mol. The quantitative estimate of drug-likeness (QED) is 0.711. The highest BCUT2D eigenvalue weighted by molar-refractivity contribution is 5.95. The molecule has 1 unspecified atom stereocenters. The molecular formula is C15H14N4O. The molecule has 0 radical (unpaired) electrons. The van der Waals surface area contributed by atoms with Crippen molar-refractivity contribution in [3.63, 3.8) is 0 Å². The fraction of sp³-hybridized carbons (Fsp3) is 0.200. The number of imidazole rings is 1. The van der Waals surface area contributed by atoms with Crippen LogP contribution in [0.15, 0.2) is 30.6 Å². The van der Waals surface area contributed by atoms with Crippen molar-refractivity contribution in [3.05, 3.63) is 47.5 Å². The van der Waals surface area contributed by atoms with E-state index in [0.29, 0.717) is 18.7 Å². The number of hydrogen-bond donors (Lipinski definition) is 3. The van der Waals surface area contributed by atoms with E-state index in [0.717, 1.165) is 17.0 Å². The molecule has 0 bridgehead atoms. The van der Waals surface area contributed by atoms with Crippen molar-refractivity contribution in [2.75, 3.05) is 5.32 Å². The Labute approximate surface area is 116 Å². The molecule has 2 aromatic rings. The van der Waals surface area contributed by atoms with Gasteiger partial charge in [-0.3, -0.25) is 10.1 Å². The third-order valence-electron chi connectivity index (χ3n) is 3.34. The second-order valence-electron chi connectivity index (χ2n) is 4.68. The van der Waals surface area contributed by atoms with Gasteiger partial charge in [0.15, 0.2) is 0 Å². The van der Waals surface area contributed by atoms with E-state index in [2.05, 4.69) is 26.5 Å². The minimum Gasteiger partial charge on any atom is -0.347 e.